The summed E-state index contributed by atoms with van der Waals surface area (Å²) in [6, 6.07) is 7.72. The maximum atomic E-state index is 12.4. The molecule has 2 aromatic rings. The second-order valence-electron chi connectivity index (χ2n) is 5.18. The van der Waals surface area contributed by atoms with E-state index in [1.165, 1.54) is 10.9 Å². The molecule has 1 aromatic heterocycles. The van der Waals surface area contributed by atoms with Crippen molar-refractivity contribution in [2.45, 2.75) is 26.3 Å². The van der Waals surface area contributed by atoms with Gasteiger partial charge in [-0.1, -0.05) is 36.8 Å². The normalized spacial score (nSPS) is 12.0. The van der Waals surface area contributed by atoms with E-state index in [-0.39, 0.29) is 17.3 Å². The summed E-state index contributed by atoms with van der Waals surface area (Å²) in [5.41, 5.74) is 2.09. The highest BCUT2D eigenvalue weighted by Crippen LogP contribution is 2.18. The van der Waals surface area contributed by atoms with Gasteiger partial charge in [0.15, 0.2) is 0 Å². The number of carbonyl (C=O) groups is 2. The van der Waals surface area contributed by atoms with Crippen molar-refractivity contribution in [2.24, 2.45) is 7.05 Å². The molecule has 0 saturated heterocycles. The van der Waals surface area contributed by atoms with Crippen molar-refractivity contribution < 1.29 is 14.7 Å². The van der Waals surface area contributed by atoms with E-state index < -0.39 is 11.9 Å². The Morgan fingerprint density at radius 2 is 1.95 bits per heavy atom. The second-order valence-corrected chi connectivity index (χ2v) is 5.18. The lowest BCUT2D eigenvalue weighted by molar-refractivity contribution is 0.0690. The number of nitrogens with zero attached hydrogens (tertiary/aromatic N) is 2. The summed E-state index contributed by atoms with van der Waals surface area (Å²) in [5, 5.41) is 15.9. The Morgan fingerprint density at radius 3 is 2.50 bits per heavy atom. The lowest BCUT2D eigenvalue weighted by Gasteiger charge is -2.18. The predicted octanol–water partition coefficient (Wildman–Crippen LogP) is 2.31. The Kier molecular flexibility index (Phi) is 4.60. The van der Waals surface area contributed by atoms with Crippen molar-refractivity contribution in [3.63, 3.8) is 0 Å². The maximum absolute atomic E-state index is 12.4. The summed E-state index contributed by atoms with van der Waals surface area (Å²) < 4.78 is 1.28. The topological polar surface area (TPSA) is 84.2 Å². The van der Waals surface area contributed by atoms with Crippen LogP contribution in [0.4, 0.5) is 0 Å². The molecule has 2 N–H and O–H groups in total. The average molecular weight is 301 g/mol. The summed E-state index contributed by atoms with van der Waals surface area (Å²) >= 11 is 0. The monoisotopic (exact) mass is 301 g/mol. The molecule has 22 heavy (non-hydrogen) atoms. The number of nitrogens with one attached hydrogen (secondary N) is 1. The van der Waals surface area contributed by atoms with Crippen LogP contribution in [0.3, 0.4) is 0 Å². The maximum Gasteiger partial charge on any atom is 0.339 e. The lowest BCUT2D eigenvalue weighted by atomic mass is 10.0. The number of benzene rings is 1. The Morgan fingerprint density at radius 1 is 1.32 bits per heavy atom. The van der Waals surface area contributed by atoms with Gasteiger partial charge in [-0.05, 0) is 18.9 Å². The average Bonchev–Trinajstić information content (AvgIpc) is 2.87. The third kappa shape index (κ3) is 3.16. The highest BCUT2D eigenvalue weighted by Gasteiger charge is 2.23. The Labute approximate surface area is 128 Å². The zero-order valence-electron chi connectivity index (χ0n) is 12.8. The first kappa shape index (κ1) is 15.8. The first-order chi connectivity index (χ1) is 10.4. The van der Waals surface area contributed by atoms with Gasteiger partial charge in [-0.3, -0.25) is 9.48 Å². The summed E-state index contributed by atoms with van der Waals surface area (Å²) in [6.45, 7) is 3.96. The first-order valence-electron chi connectivity index (χ1n) is 7.06. The van der Waals surface area contributed by atoms with Crippen molar-refractivity contribution >= 4 is 11.9 Å². The van der Waals surface area contributed by atoms with Crippen LogP contribution in [0.25, 0.3) is 0 Å². The van der Waals surface area contributed by atoms with Gasteiger partial charge in [0.05, 0.1) is 12.2 Å². The van der Waals surface area contributed by atoms with Crippen LogP contribution in [0.2, 0.25) is 0 Å². The summed E-state index contributed by atoms with van der Waals surface area (Å²) in [5.74, 6) is -1.61. The molecule has 0 fully saturated rings. The van der Waals surface area contributed by atoms with Crippen LogP contribution < -0.4 is 5.32 Å². The van der Waals surface area contributed by atoms with Gasteiger partial charge < -0.3 is 10.4 Å². The van der Waals surface area contributed by atoms with Gasteiger partial charge in [-0.15, -0.1) is 0 Å². The number of carbonyl (C=O) groups excluding carboxylic acids is 1. The number of aromatic carboxylic acids is 1. The number of hydrogen-bond donors (Lipinski definition) is 2. The van der Waals surface area contributed by atoms with Crippen molar-refractivity contribution in [1.82, 2.24) is 15.1 Å². The third-order valence-corrected chi connectivity index (χ3v) is 3.58. The van der Waals surface area contributed by atoms with Crippen LogP contribution in [0.15, 0.2) is 30.5 Å². The van der Waals surface area contributed by atoms with Gasteiger partial charge in [0.25, 0.3) is 5.91 Å². The van der Waals surface area contributed by atoms with E-state index >= 15 is 0 Å². The smallest absolute Gasteiger partial charge is 0.339 e. The standard InChI is InChI=1S/C16H19N3O3/c1-4-13(11-7-5-10(2)6-8-11)18-15(20)14-12(16(21)22)9-17-19(14)3/h5-9,13H,4H2,1-3H3,(H,18,20)(H,21,22)/t13-/m0/s1. The number of amides is 1. The van der Waals surface area contributed by atoms with E-state index in [9.17, 15) is 9.59 Å². The van der Waals surface area contributed by atoms with E-state index in [1.807, 2.05) is 38.1 Å². The van der Waals surface area contributed by atoms with Crippen LogP contribution in [-0.4, -0.2) is 26.8 Å². The van der Waals surface area contributed by atoms with E-state index in [2.05, 4.69) is 10.4 Å². The minimum Gasteiger partial charge on any atom is -0.478 e. The zero-order valence-corrected chi connectivity index (χ0v) is 12.8. The predicted molar refractivity (Wildman–Crippen MR) is 81.8 cm³/mol. The lowest BCUT2D eigenvalue weighted by Crippen LogP contribution is -2.31. The molecule has 1 atom stereocenters. The van der Waals surface area contributed by atoms with Gasteiger partial charge in [0.1, 0.15) is 11.3 Å². The molecule has 0 aliphatic carbocycles. The van der Waals surface area contributed by atoms with Crippen LogP contribution in [-0.2, 0) is 7.05 Å². The molecule has 0 saturated carbocycles. The summed E-state index contributed by atoms with van der Waals surface area (Å²) in [4.78, 5) is 23.6. The first-order valence-corrected chi connectivity index (χ1v) is 7.06. The molecule has 6 nitrogen and oxygen atoms in total. The molecule has 0 bridgehead atoms. The molecular weight excluding hydrogens is 282 g/mol. The van der Waals surface area contributed by atoms with Crippen LogP contribution >= 0.6 is 0 Å². The second kappa shape index (κ2) is 6.43. The van der Waals surface area contributed by atoms with Crippen LogP contribution in [0.1, 0.15) is 51.4 Å². The molecule has 0 aliphatic heterocycles. The number of hydrogen-bond acceptors (Lipinski definition) is 3. The third-order valence-electron chi connectivity index (χ3n) is 3.58. The summed E-state index contributed by atoms with van der Waals surface area (Å²) in [7, 11) is 1.55. The quantitative estimate of drug-likeness (QED) is 0.887. The highest BCUT2D eigenvalue weighted by molar-refractivity contribution is 6.03. The Balaban J connectivity index is 2.25. The zero-order chi connectivity index (χ0) is 16.3. The van der Waals surface area contributed by atoms with Crippen molar-refractivity contribution in [1.29, 1.82) is 0 Å². The van der Waals surface area contributed by atoms with Gasteiger partial charge in [0.2, 0.25) is 0 Å². The summed E-state index contributed by atoms with van der Waals surface area (Å²) in [6.07, 6.45) is 1.89. The Bertz CT molecular complexity index is 689. The number of aryl methyl sites for hydroxylation is 2. The van der Waals surface area contributed by atoms with Gasteiger partial charge >= 0.3 is 5.97 Å². The molecule has 2 rings (SSSR count). The van der Waals surface area contributed by atoms with Gasteiger partial charge in [0, 0.05) is 7.05 Å². The number of carboxylic acids is 1. The Hall–Kier alpha value is -2.63. The van der Waals surface area contributed by atoms with Crippen LogP contribution in [0.5, 0.6) is 0 Å². The fourth-order valence-electron chi connectivity index (χ4n) is 2.31. The van der Waals surface area contributed by atoms with Crippen molar-refractivity contribution in [2.75, 3.05) is 0 Å². The minimum atomic E-state index is -1.17. The molecule has 1 amide bonds. The van der Waals surface area contributed by atoms with E-state index in [0.717, 1.165) is 11.1 Å². The van der Waals surface area contributed by atoms with E-state index in [0.29, 0.717) is 6.42 Å². The molecule has 6 heteroatoms. The molecule has 116 valence electrons. The van der Waals surface area contributed by atoms with Crippen LogP contribution in [0, 0.1) is 6.92 Å². The molecular formula is C16H19N3O3. The molecule has 0 radical (unpaired) electrons. The SMILES string of the molecule is CC[C@H](NC(=O)c1c(C(=O)O)cnn1C)c1ccc(C)cc1. The minimum absolute atomic E-state index is 0.0538. The number of carboxylic acid groups (broad SMARTS) is 1. The fraction of sp³-hybridized carbons (Fsp3) is 0.312. The molecule has 0 aliphatic rings. The number of rotatable bonds is 5. The number of aromatic nitrogens is 2. The molecule has 0 unspecified atom stereocenters. The largest absolute Gasteiger partial charge is 0.478 e. The molecule has 1 aromatic carbocycles. The molecule has 0 spiro atoms. The van der Waals surface area contributed by atoms with E-state index in [4.69, 9.17) is 5.11 Å². The fourth-order valence-corrected chi connectivity index (χ4v) is 2.31. The van der Waals surface area contributed by atoms with E-state index in [1.54, 1.807) is 7.05 Å². The van der Waals surface area contributed by atoms with Crippen molar-refractivity contribution in [3.8, 4) is 0 Å². The molecule has 1 heterocycles. The van der Waals surface area contributed by atoms with Crippen molar-refractivity contribution in [3.05, 3.63) is 52.8 Å². The van der Waals surface area contributed by atoms with Gasteiger partial charge in [-0.25, -0.2) is 4.79 Å². The van der Waals surface area contributed by atoms with Gasteiger partial charge in [-0.2, -0.15) is 5.10 Å². The highest BCUT2D eigenvalue weighted by atomic mass is 16.4.